The first-order valence-corrected chi connectivity index (χ1v) is 9.05. The Morgan fingerprint density at radius 2 is 2.04 bits per heavy atom. The van der Waals surface area contributed by atoms with Crippen LogP contribution < -0.4 is 5.32 Å². The standard InChI is InChI=1S/C21H14ClN5O/c1-11-2-15(8-24)25-9-17(11)12-3-13-6-20(26-10-18(13)19(22)5-12)27-21(28)16-4-14(16)7-23/h2-3,5-6,9-10,14,16H,4H2,1H3,(H,26,27,28). The van der Waals surface area contributed by atoms with Crippen LogP contribution in [0.2, 0.25) is 5.02 Å². The van der Waals surface area contributed by atoms with Crippen molar-refractivity contribution in [2.75, 3.05) is 5.32 Å². The minimum absolute atomic E-state index is 0.187. The van der Waals surface area contributed by atoms with E-state index in [0.29, 0.717) is 23.0 Å². The maximum Gasteiger partial charge on any atom is 0.230 e. The smallest absolute Gasteiger partial charge is 0.230 e. The first kappa shape index (κ1) is 17.9. The lowest BCUT2D eigenvalue weighted by Gasteiger charge is -2.10. The van der Waals surface area contributed by atoms with Crippen LogP contribution >= 0.6 is 11.6 Å². The molecule has 3 aromatic rings. The predicted octanol–water partition coefficient (Wildman–Crippen LogP) is 4.23. The van der Waals surface area contributed by atoms with Gasteiger partial charge >= 0.3 is 0 Å². The number of rotatable bonds is 3. The monoisotopic (exact) mass is 387 g/mol. The Hall–Kier alpha value is -3.48. The first-order chi connectivity index (χ1) is 13.5. The molecule has 1 aliphatic rings. The molecule has 28 heavy (non-hydrogen) atoms. The molecule has 1 amide bonds. The van der Waals surface area contributed by atoms with E-state index in [4.69, 9.17) is 22.1 Å². The van der Waals surface area contributed by atoms with Crippen LogP contribution in [0, 0.1) is 41.4 Å². The van der Waals surface area contributed by atoms with Crippen molar-refractivity contribution >= 4 is 34.1 Å². The van der Waals surface area contributed by atoms with Gasteiger partial charge in [0.25, 0.3) is 0 Å². The van der Waals surface area contributed by atoms with Crippen molar-refractivity contribution in [2.24, 2.45) is 11.8 Å². The number of benzene rings is 1. The number of nitrogens with zero attached hydrogens (tertiary/aromatic N) is 4. The lowest BCUT2D eigenvalue weighted by Crippen LogP contribution is -2.15. The van der Waals surface area contributed by atoms with E-state index in [2.05, 4.69) is 21.4 Å². The highest BCUT2D eigenvalue weighted by Gasteiger charge is 2.43. The number of nitrogens with one attached hydrogen (secondary N) is 1. The van der Waals surface area contributed by atoms with Crippen molar-refractivity contribution in [3.63, 3.8) is 0 Å². The summed E-state index contributed by atoms with van der Waals surface area (Å²) < 4.78 is 0. The normalized spacial score (nSPS) is 17.6. The molecule has 0 saturated heterocycles. The van der Waals surface area contributed by atoms with Crippen molar-refractivity contribution in [3.8, 4) is 23.3 Å². The summed E-state index contributed by atoms with van der Waals surface area (Å²) in [7, 11) is 0. The van der Waals surface area contributed by atoms with E-state index in [0.717, 1.165) is 27.5 Å². The number of nitriles is 2. The van der Waals surface area contributed by atoms with Gasteiger partial charge in [-0.25, -0.2) is 9.97 Å². The number of anilines is 1. The molecular formula is C21H14ClN5O. The molecule has 1 aromatic carbocycles. The van der Waals surface area contributed by atoms with Crippen LogP contribution in [0.1, 0.15) is 17.7 Å². The van der Waals surface area contributed by atoms with E-state index in [9.17, 15) is 4.79 Å². The minimum Gasteiger partial charge on any atom is -0.310 e. The number of carbonyl (C=O) groups excluding carboxylic acids is 1. The van der Waals surface area contributed by atoms with Gasteiger partial charge in [-0.2, -0.15) is 10.5 Å². The van der Waals surface area contributed by atoms with Crippen LogP contribution in [0.25, 0.3) is 21.9 Å². The Bertz CT molecular complexity index is 1210. The zero-order valence-corrected chi connectivity index (χ0v) is 15.7. The summed E-state index contributed by atoms with van der Waals surface area (Å²) in [4.78, 5) is 20.6. The number of carbonyl (C=O) groups is 1. The average molecular weight is 388 g/mol. The highest BCUT2D eigenvalue weighted by Crippen LogP contribution is 2.38. The summed E-state index contributed by atoms with van der Waals surface area (Å²) in [6.45, 7) is 1.91. The third kappa shape index (κ3) is 3.26. The largest absolute Gasteiger partial charge is 0.310 e. The highest BCUT2D eigenvalue weighted by molar-refractivity contribution is 6.36. The Morgan fingerprint density at radius 3 is 2.71 bits per heavy atom. The maximum atomic E-state index is 12.2. The molecule has 0 aliphatic heterocycles. The number of hydrogen-bond donors (Lipinski definition) is 1. The van der Waals surface area contributed by atoms with Gasteiger partial charge in [-0.3, -0.25) is 4.79 Å². The number of hydrogen-bond acceptors (Lipinski definition) is 5. The quantitative estimate of drug-likeness (QED) is 0.724. The summed E-state index contributed by atoms with van der Waals surface area (Å²) >= 11 is 6.44. The summed E-state index contributed by atoms with van der Waals surface area (Å²) in [6, 6.07) is 11.4. The number of aromatic nitrogens is 2. The summed E-state index contributed by atoms with van der Waals surface area (Å²) in [5.41, 5.74) is 3.01. The molecular weight excluding hydrogens is 374 g/mol. The van der Waals surface area contributed by atoms with Gasteiger partial charge in [0, 0.05) is 23.3 Å². The molecule has 0 bridgehead atoms. The van der Waals surface area contributed by atoms with Gasteiger partial charge in [-0.15, -0.1) is 0 Å². The van der Waals surface area contributed by atoms with Crippen LogP contribution in [0.15, 0.2) is 36.7 Å². The summed E-state index contributed by atoms with van der Waals surface area (Å²) in [5.74, 6) is -0.227. The van der Waals surface area contributed by atoms with Gasteiger partial charge < -0.3 is 5.32 Å². The Morgan fingerprint density at radius 1 is 1.21 bits per heavy atom. The Labute approximate surface area is 166 Å². The van der Waals surface area contributed by atoms with E-state index >= 15 is 0 Å². The first-order valence-electron chi connectivity index (χ1n) is 8.67. The van der Waals surface area contributed by atoms with Crippen LogP contribution in [0.4, 0.5) is 5.82 Å². The molecule has 6 nitrogen and oxygen atoms in total. The average Bonchev–Trinajstić information content (AvgIpc) is 3.47. The number of fused-ring (bicyclic) bond motifs is 1. The topological polar surface area (TPSA) is 102 Å². The van der Waals surface area contributed by atoms with Gasteiger partial charge in [-0.05, 0) is 54.1 Å². The molecule has 1 saturated carbocycles. The van der Waals surface area contributed by atoms with Gasteiger partial charge in [0.2, 0.25) is 5.91 Å². The van der Waals surface area contributed by atoms with E-state index in [1.807, 2.05) is 25.1 Å². The van der Waals surface area contributed by atoms with E-state index < -0.39 is 0 Å². The van der Waals surface area contributed by atoms with Crippen molar-refractivity contribution in [2.45, 2.75) is 13.3 Å². The Balaban J connectivity index is 1.70. The van der Waals surface area contributed by atoms with Crippen molar-refractivity contribution in [1.29, 1.82) is 10.5 Å². The molecule has 136 valence electrons. The van der Waals surface area contributed by atoms with Crippen LogP contribution in [0.3, 0.4) is 0 Å². The molecule has 2 aromatic heterocycles. The third-order valence-electron chi connectivity index (χ3n) is 4.87. The van der Waals surface area contributed by atoms with Crippen molar-refractivity contribution in [3.05, 3.63) is 52.9 Å². The fourth-order valence-corrected chi connectivity index (χ4v) is 3.48. The molecule has 2 unspecified atom stereocenters. The predicted molar refractivity (Wildman–Crippen MR) is 105 cm³/mol. The second kappa shape index (κ2) is 6.92. The van der Waals surface area contributed by atoms with Crippen molar-refractivity contribution < 1.29 is 4.79 Å². The number of aryl methyl sites for hydroxylation is 1. The zero-order valence-electron chi connectivity index (χ0n) is 14.9. The lowest BCUT2D eigenvalue weighted by atomic mass is 9.99. The van der Waals surface area contributed by atoms with Gasteiger partial charge in [0.15, 0.2) is 0 Å². The number of amides is 1. The lowest BCUT2D eigenvalue weighted by molar-refractivity contribution is -0.117. The van der Waals surface area contributed by atoms with Crippen LogP contribution in [-0.4, -0.2) is 15.9 Å². The second-order valence-corrected chi connectivity index (χ2v) is 7.22. The van der Waals surface area contributed by atoms with Crippen LogP contribution in [0.5, 0.6) is 0 Å². The fourth-order valence-electron chi connectivity index (χ4n) is 3.20. The summed E-state index contributed by atoms with van der Waals surface area (Å²) in [6.07, 6.45) is 3.87. The van der Waals surface area contributed by atoms with E-state index in [1.54, 1.807) is 24.5 Å². The SMILES string of the molecule is Cc1cc(C#N)ncc1-c1cc(Cl)c2cnc(NC(=O)C3CC3C#N)cc2c1. The fraction of sp³-hybridized carbons (Fsp3) is 0.190. The van der Waals surface area contributed by atoms with Gasteiger partial charge in [0.05, 0.1) is 22.9 Å². The molecule has 1 N–H and O–H groups in total. The minimum atomic E-state index is -0.259. The second-order valence-electron chi connectivity index (χ2n) is 6.81. The van der Waals surface area contributed by atoms with E-state index in [-0.39, 0.29) is 17.7 Å². The molecule has 7 heteroatoms. The molecule has 4 rings (SSSR count). The Kier molecular flexibility index (Phi) is 4.43. The van der Waals surface area contributed by atoms with E-state index in [1.165, 1.54) is 0 Å². The molecule has 0 radical (unpaired) electrons. The highest BCUT2D eigenvalue weighted by atomic mass is 35.5. The number of pyridine rings is 2. The molecule has 2 heterocycles. The zero-order chi connectivity index (χ0) is 19.8. The molecule has 1 aliphatic carbocycles. The summed E-state index contributed by atoms with van der Waals surface area (Å²) in [5, 5.41) is 22.8. The van der Waals surface area contributed by atoms with Crippen LogP contribution in [-0.2, 0) is 4.79 Å². The molecule has 1 fully saturated rings. The third-order valence-corrected chi connectivity index (χ3v) is 5.18. The molecule has 2 atom stereocenters. The maximum absolute atomic E-state index is 12.2. The van der Waals surface area contributed by atoms with Crippen molar-refractivity contribution in [1.82, 2.24) is 9.97 Å². The molecule has 0 spiro atoms. The van der Waals surface area contributed by atoms with Gasteiger partial charge in [-0.1, -0.05) is 11.6 Å². The van der Waals surface area contributed by atoms with Gasteiger partial charge in [0.1, 0.15) is 17.6 Å². The number of halogens is 1.